The summed E-state index contributed by atoms with van der Waals surface area (Å²) in [5.41, 5.74) is 2.69. The number of rotatable bonds is 10. The van der Waals surface area contributed by atoms with Crippen LogP contribution < -0.4 is 9.47 Å². The molecule has 2 rings (SSSR count). The van der Waals surface area contributed by atoms with Gasteiger partial charge in [-0.3, -0.25) is 0 Å². The first-order chi connectivity index (χ1) is 14.9. The molecule has 1 unspecified atom stereocenters. The largest absolute Gasteiger partial charge is 0.493 e. The first-order valence-electron chi connectivity index (χ1n) is 9.57. The fraction of sp³-hybridized carbons (Fsp3) is 0.250. The van der Waals surface area contributed by atoms with E-state index in [1.54, 1.807) is 30.4 Å². The molecule has 1 atom stereocenters. The van der Waals surface area contributed by atoms with Crippen molar-refractivity contribution in [3.05, 3.63) is 71.3 Å². The third-order valence-corrected chi connectivity index (χ3v) is 4.14. The minimum atomic E-state index is -1.13. The molecule has 0 saturated heterocycles. The predicted molar refractivity (Wildman–Crippen MR) is 117 cm³/mol. The van der Waals surface area contributed by atoms with E-state index < -0.39 is 18.0 Å². The van der Waals surface area contributed by atoms with E-state index in [1.807, 2.05) is 31.2 Å². The number of benzene rings is 2. The number of carbonyl (C=O) groups is 2. The quantitative estimate of drug-likeness (QED) is 0.461. The number of ether oxygens (including phenoxy) is 4. The molecule has 0 aromatic heterocycles. The van der Waals surface area contributed by atoms with Crippen molar-refractivity contribution in [2.45, 2.75) is 13.0 Å². The summed E-state index contributed by atoms with van der Waals surface area (Å²) in [5.74, 6) is -0.126. The second kappa shape index (κ2) is 12.2. The van der Waals surface area contributed by atoms with Crippen LogP contribution in [0.3, 0.4) is 0 Å². The van der Waals surface area contributed by atoms with Crippen LogP contribution >= 0.6 is 0 Å². The summed E-state index contributed by atoms with van der Waals surface area (Å²) >= 11 is 0. The van der Waals surface area contributed by atoms with E-state index in [1.165, 1.54) is 26.4 Å². The first kappa shape index (κ1) is 23.7. The van der Waals surface area contributed by atoms with Gasteiger partial charge < -0.3 is 24.1 Å². The fourth-order valence-corrected chi connectivity index (χ4v) is 2.46. The second-order valence-electron chi connectivity index (χ2n) is 6.61. The summed E-state index contributed by atoms with van der Waals surface area (Å²) in [6, 6.07) is 12.8. The Balaban J connectivity index is 1.73. The van der Waals surface area contributed by atoms with E-state index >= 15 is 0 Å². The predicted octanol–water partition coefficient (Wildman–Crippen LogP) is 3.19. The van der Waals surface area contributed by atoms with Crippen molar-refractivity contribution >= 4 is 24.1 Å². The normalized spacial score (nSPS) is 12.0. The Kier molecular flexibility index (Phi) is 9.32. The molecule has 0 heterocycles. The molecule has 0 radical (unpaired) electrons. The zero-order valence-electron chi connectivity index (χ0n) is 17.7. The molecule has 0 aliphatic rings. The summed E-state index contributed by atoms with van der Waals surface area (Å²) < 4.78 is 20.3. The highest BCUT2D eigenvalue weighted by Gasteiger charge is 2.10. The number of hydrogen-bond acceptors (Lipinski definition) is 7. The summed E-state index contributed by atoms with van der Waals surface area (Å²) in [4.78, 5) is 23.5. The molecule has 0 aliphatic heterocycles. The van der Waals surface area contributed by atoms with Gasteiger partial charge in [0, 0.05) is 12.2 Å². The highest BCUT2D eigenvalue weighted by atomic mass is 16.6. The average molecular weight is 426 g/mol. The molecule has 7 nitrogen and oxygen atoms in total. The fourth-order valence-electron chi connectivity index (χ4n) is 2.46. The van der Waals surface area contributed by atoms with Crippen LogP contribution in [-0.2, 0) is 19.1 Å². The van der Waals surface area contributed by atoms with Gasteiger partial charge in [0.05, 0.1) is 14.2 Å². The Morgan fingerprint density at radius 2 is 1.35 bits per heavy atom. The van der Waals surface area contributed by atoms with E-state index in [0.29, 0.717) is 17.1 Å². The lowest BCUT2D eigenvalue weighted by molar-refractivity contribution is -0.146. The summed E-state index contributed by atoms with van der Waals surface area (Å²) in [5, 5.41) is 9.84. The van der Waals surface area contributed by atoms with E-state index in [9.17, 15) is 14.7 Å². The molecule has 0 spiro atoms. The zero-order chi connectivity index (χ0) is 22.6. The molecule has 0 amide bonds. The van der Waals surface area contributed by atoms with E-state index in [0.717, 1.165) is 11.1 Å². The number of aliphatic hydroxyl groups excluding tert-OH is 1. The number of carbonyl (C=O) groups excluding carboxylic acids is 2. The average Bonchev–Trinajstić information content (AvgIpc) is 2.79. The van der Waals surface area contributed by atoms with Crippen molar-refractivity contribution in [2.75, 3.05) is 27.4 Å². The highest BCUT2D eigenvalue weighted by Crippen LogP contribution is 2.27. The van der Waals surface area contributed by atoms with Gasteiger partial charge in [-0.25, -0.2) is 9.59 Å². The maximum absolute atomic E-state index is 11.8. The molecule has 2 aromatic carbocycles. The molecule has 0 saturated carbocycles. The van der Waals surface area contributed by atoms with Crippen molar-refractivity contribution in [3.8, 4) is 11.5 Å². The molecule has 1 N–H and O–H groups in total. The number of aryl methyl sites for hydroxylation is 1. The van der Waals surface area contributed by atoms with Crippen molar-refractivity contribution in [1.29, 1.82) is 0 Å². The topological polar surface area (TPSA) is 91.3 Å². The van der Waals surface area contributed by atoms with Gasteiger partial charge in [0.25, 0.3) is 0 Å². The smallest absolute Gasteiger partial charge is 0.330 e. The van der Waals surface area contributed by atoms with Crippen LogP contribution in [0.1, 0.15) is 16.7 Å². The number of methoxy groups -OCH3 is 2. The summed E-state index contributed by atoms with van der Waals surface area (Å²) in [7, 11) is 3.06. The molecule has 7 heteroatoms. The van der Waals surface area contributed by atoms with Gasteiger partial charge in [0.1, 0.15) is 19.3 Å². The van der Waals surface area contributed by atoms with Gasteiger partial charge in [0.15, 0.2) is 11.5 Å². The lowest BCUT2D eigenvalue weighted by Crippen LogP contribution is -2.24. The van der Waals surface area contributed by atoms with Crippen LogP contribution in [0.2, 0.25) is 0 Å². The Labute approximate surface area is 181 Å². The van der Waals surface area contributed by atoms with Gasteiger partial charge in [-0.2, -0.15) is 0 Å². The maximum atomic E-state index is 11.8. The van der Waals surface area contributed by atoms with E-state index in [4.69, 9.17) is 18.9 Å². The first-order valence-corrected chi connectivity index (χ1v) is 9.57. The third kappa shape index (κ3) is 8.36. The zero-order valence-corrected chi connectivity index (χ0v) is 17.7. The SMILES string of the molecule is COc1ccc(C=CC(=O)OCC(O)COC(=O)/C=C/c2ccc(C)cc2)cc1OC. The monoisotopic (exact) mass is 426 g/mol. The molecule has 31 heavy (non-hydrogen) atoms. The molecule has 2 aromatic rings. The molecule has 164 valence electrons. The number of aliphatic hydroxyl groups is 1. The standard InChI is InChI=1S/C24H26O7/c1-17-4-6-18(7-5-17)9-12-23(26)30-15-20(25)16-31-24(27)13-10-19-8-11-21(28-2)22(14-19)29-3/h4-14,20,25H,15-16H2,1-3H3/b12-9+,13-10?. The Bertz CT molecular complexity index is 929. The molecular weight excluding hydrogens is 400 g/mol. The number of hydrogen-bond donors (Lipinski definition) is 1. The van der Waals surface area contributed by atoms with Crippen molar-refractivity contribution < 1.29 is 33.6 Å². The summed E-state index contributed by atoms with van der Waals surface area (Å²) in [6.07, 6.45) is 4.54. The minimum absolute atomic E-state index is 0.288. The van der Waals surface area contributed by atoms with Crippen LogP contribution in [0.4, 0.5) is 0 Å². The third-order valence-electron chi connectivity index (χ3n) is 4.14. The van der Waals surface area contributed by atoms with Gasteiger partial charge in [-0.05, 0) is 42.3 Å². The Morgan fingerprint density at radius 3 is 1.90 bits per heavy atom. The van der Waals surface area contributed by atoms with Crippen LogP contribution in [0.5, 0.6) is 11.5 Å². The molecule has 0 bridgehead atoms. The van der Waals surface area contributed by atoms with Crippen molar-refractivity contribution in [2.24, 2.45) is 0 Å². The lowest BCUT2D eigenvalue weighted by atomic mass is 10.1. The molecular formula is C24H26O7. The van der Waals surface area contributed by atoms with Crippen LogP contribution in [0.25, 0.3) is 12.2 Å². The minimum Gasteiger partial charge on any atom is -0.493 e. The van der Waals surface area contributed by atoms with Crippen LogP contribution in [0.15, 0.2) is 54.6 Å². The Hall–Kier alpha value is -3.58. The molecule has 0 fully saturated rings. The Morgan fingerprint density at radius 1 is 0.839 bits per heavy atom. The van der Waals surface area contributed by atoms with Crippen molar-refractivity contribution in [3.63, 3.8) is 0 Å². The highest BCUT2D eigenvalue weighted by molar-refractivity contribution is 5.87. The van der Waals surface area contributed by atoms with Gasteiger partial charge in [-0.15, -0.1) is 0 Å². The second-order valence-corrected chi connectivity index (χ2v) is 6.61. The number of esters is 2. The van der Waals surface area contributed by atoms with E-state index in [2.05, 4.69) is 0 Å². The van der Waals surface area contributed by atoms with Gasteiger partial charge >= 0.3 is 11.9 Å². The lowest BCUT2D eigenvalue weighted by Gasteiger charge is -2.10. The van der Waals surface area contributed by atoms with Crippen LogP contribution in [0, 0.1) is 6.92 Å². The van der Waals surface area contributed by atoms with Gasteiger partial charge in [-0.1, -0.05) is 35.9 Å². The maximum Gasteiger partial charge on any atom is 0.330 e. The van der Waals surface area contributed by atoms with Gasteiger partial charge in [0.2, 0.25) is 0 Å². The molecule has 0 aliphatic carbocycles. The summed E-state index contributed by atoms with van der Waals surface area (Å²) in [6.45, 7) is 1.38. The van der Waals surface area contributed by atoms with E-state index in [-0.39, 0.29) is 13.2 Å². The van der Waals surface area contributed by atoms with Crippen LogP contribution in [-0.4, -0.2) is 50.6 Å². The van der Waals surface area contributed by atoms with Crippen molar-refractivity contribution in [1.82, 2.24) is 0 Å².